The van der Waals surface area contributed by atoms with E-state index in [1.165, 1.54) is 6.33 Å². The molecule has 0 aromatic carbocycles. The first-order valence-corrected chi connectivity index (χ1v) is 5.07. The Morgan fingerprint density at radius 2 is 2.24 bits per heavy atom. The molecule has 17 heavy (non-hydrogen) atoms. The van der Waals surface area contributed by atoms with Crippen LogP contribution < -0.4 is 5.32 Å². The van der Waals surface area contributed by atoms with E-state index < -0.39 is 12.8 Å². The Kier molecular flexibility index (Phi) is 4.88. The number of nitrogens with zero attached hydrogens (tertiary/aromatic N) is 3. The van der Waals surface area contributed by atoms with Gasteiger partial charge in [-0.3, -0.25) is 4.68 Å². The summed E-state index contributed by atoms with van der Waals surface area (Å²) in [5, 5.41) is 6.76. The van der Waals surface area contributed by atoms with Gasteiger partial charge in [0.25, 0.3) is 0 Å². The summed E-state index contributed by atoms with van der Waals surface area (Å²) in [6.45, 7) is -1.26. The number of ether oxygens (including phenoxy) is 1. The zero-order chi connectivity index (χ0) is 12.9. The molecule has 1 atom stereocenters. The summed E-state index contributed by atoms with van der Waals surface area (Å²) < 4.78 is 41.8. The van der Waals surface area contributed by atoms with Crippen molar-refractivity contribution in [2.45, 2.75) is 18.6 Å². The highest BCUT2D eigenvalue weighted by Gasteiger charge is 2.27. The standard InChI is InChI=1S/C9H15F3N4O/c1-13-7(4-17-5-9(10,11)12)3-8-14-6-15-16(8)2/h6-7,13H,3-5H2,1-2H3. The van der Waals surface area contributed by atoms with E-state index in [1.807, 2.05) is 0 Å². The Labute approximate surface area is 97.0 Å². The lowest BCUT2D eigenvalue weighted by Gasteiger charge is -2.16. The lowest BCUT2D eigenvalue weighted by atomic mass is 10.2. The third-order valence-corrected chi connectivity index (χ3v) is 2.23. The van der Waals surface area contributed by atoms with E-state index >= 15 is 0 Å². The third-order valence-electron chi connectivity index (χ3n) is 2.23. The van der Waals surface area contributed by atoms with Crippen LogP contribution >= 0.6 is 0 Å². The van der Waals surface area contributed by atoms with Gasteiger partial charge in [0.2, 0.25) is 0 Å². The number of halogens is 3. The van der Waals surface area contributed by atoms with Crippen molar-refractivity contribution < 1.29 is 17.9 Å². The molecule has 0 amide bonds. The molecule has 5 nitrogen and oxygen atoms in total. The molecular formula is C9H15F3N4O. The molecule has 1 rings (SSSR count). The normalized spacial score (nSPS) is 13.9. The van der Waals surface area contributed by atoms with E-state index in [4.69, 9.17) is 0 Å². The lowest BCUT2D eigenvalue weighted by molar-refractivity contribution is -0.175. The number of rotatable bonds is 6. The largest absolute Gasteiger partial charge is 0.411 e. The SMILES string of the molecule is CNC(COCC(F)(F)F)Cc1ncnn1C. The molecule has 0 bridgehead atoms. The molecule has 1 aromatic rings. The van der Waals surface area contributed by atoms with Crippen LogP contribution in [0.3, 0.4) is 0 Å². The van der Waals surface area contributed by atoms with Crippen molar-refractivity contribution in [1.82, 2.24) is 20.1 Å². The molecule has 0 spiro atoms. The first-order valence-electron chi connectivity index (χ1n) is 5.07. The van der Waals surface area contributed by atoms with Crippen LogP contribution in [-0.4, -0.2) is 47.2 Å². The number of aromatic nitrogens is 3. The summed E-state index contributed by atoms with van der Waals surface area (Å²) in [6.07, 6.45) is -2.42. The van der Waals surface area contributed by atoms with Crippen LogP contribution in [0.2, 0.25) is 0 Å². The molecule has 0 saturated carbocycles. The van der Waals surface area contributed by atoms with Crippen molar-refractivity contribution in [3.63, 3.8) is 0 Å². The molecule has 0 radical (unpaired) electrons. The van der Waals surface area contributed by atoms with Crippen LogP contribution in [-0.2, 0) is 18.2 Å². The van der Waals surface area contributed by atoms with Crippen LogP contribution in [0.1, 0.15) is 5.82 Å². The molecule has 8 heteroatoms. The fourth-order valence-electron chi connectivity index (χ4n) is 1.29. The fraction of sp³-hybridized carbons (Fsp3) is 0.778. The van der Waals surface area contributed by atoms with Gasteiger partial charge in [-0.1, -0.05) is 0 Å². The number of nitrogens with one attached hydrogen (secondary N) is 1. The number of alkyl halides is 3. The Hall–Kier alpha value is -1.15. The molecule has 1 aromatic heterocycles. The topological polar surface area (TPSA) is 52.0 Å². The van der Waals surface area contributed by atoms with Gasteiger partial charge < -0.3 is 10.1 Å². The minimum Gasteiger partial charge on any atom is -0.370 e. The molecule has 98 valence electrons. The van der Waals surface area contributed by atoms with E-state index in [2.05, 4.69) is 20.1 Å². The second kappa shape index (κ2) is 5.97. The molecule has 0 aliphatic carbocycles. The van der Waals surface area contributed by atoms with Crippen molar-refractivity contribution in [2.75, 3.05) is 20.3 Å². The van der Waals surface area contributed by atoms with E-state index in [1.54, 1.807) is 18.8 Å². The summed E-state index contributed by atoms with van der Waals surface area (Å²) in [5.41, 5.74) is 0. The predicted molar refractivity (Wildman–Crippen MR) is 54.4 cm³/mol. The van der Waals surface area contributed by atoms with E-state index in [0.29, 0.717) is 12.2 Å². The number of hydrogen-bond acceptors (Lipinski definition) is 4. The molecule has 0 aliphatic rings. The van der Waals surface area contributed by atoms with Crippen molar-refractivity contribution in [2.24, 2.45) is 7.05 Å². The van der Waals surface area contributed by atoms with E-state index in [-0.39, 0.29) is 12.6 Å². The summed E-state index contributed by atoms with van der Waals surface area (Å²) in [4.78, 5) is 3.99. The maximum absolute atomic E-state index is 11.9. The molecule has 0 saturated heterocycles. The summed E-state index contributed by atoms with van der Waals surface area (Å²) in [5.74, 6) is 0.694. The monoisotopic (exact) mass is 252 g/mol. The van der Waals surface area contributed by atoms with Crippen molar-refractivity contribution >= 4 is 0 Å². The van der Waals surface area contributed by atoms with Gasteiger partial charge in [0.05, 0.1) is 6.61 Å². The summed E-state index contributed by atoms with van der Waals surface area (Å²) in [7, 11) is 3.39. The Balaban J connectivity index is 2.37. The molecule has 0 fully saturated rings. The van der Waals surface area contributed by atoms with Crippen LogP contribution in [0.5, 0.6) is 0 Å². The Morgan fingerprint density at radius 3 is 2.71 bits per heavy atom. The van der Waals surface area contributed by atoms with Gasteiger partial charge >= 0.3 is 6.18 Å². The molecule has 1 unspecified atom stereocenters. The Bertz CT molecular complexity index is 339. The minimum atomic E-state index is -4.29. The number of hydrogen-bond donors (Lipinski definition) is 1. The molecular weight excluding hydrogens is 237 g/mol. The maximum Gasteiger partial charge on any atom is 0.411 e. The molecule has 0 aliphatic heterocycles. The summed E-state index contributed by atoms with van der Waals surface area (Å²) in [6, 6.07) is -0.222. The third kappa shape index (κ3) is 5.14. The zero-order valence-electron chi connectivity index (χ0n) is 9.66. The zero-order valence-corrected chi connectivity index (χ0v) is 9.66. The average molecular weight is 252 g/mol. The van der Waals surface area contributed by atoms with Gasteiger partial charge in [0, 0.05) is 19.5 Å². The highest BCUT2D eigenvalue weighted by atomic mass is 19.4. The maximum atomic E-state index is 11.9. The van der Waals surface area contributed by atoms with E-state index in [0.717, 1.165) is 0 Å². The quantitative estimate of drug-likeness (QED) is 0.802. The molecule has 1 heterocycles. The van der Waals surface area contributed by atoms with Gasteiger partial charge in [-0.2, -0.15) is 18.3 Å². The highest BCUT2D eigenvalue weighted by molar-refractivity contribution is 4.88. The highest BCUT2D eigenvalue weighted by Crippen LogP contribution is 2.14. The van der Waals surface area contributed by atoms with E-state index in [9.17, 15) is 13.2 Å². The van der Waals surface area contributed by atoms with Crippen LogP contribution in [0, 0.1) is 0 Å². The van der Waals surface area contributed by atoms with Gasteiger partial charge in [-0.25, -0.2) is 4.98 Å². The Morgan fingerprint density at radius 1 is 1.53 bits per heavy atom. The van der Waals surface area contributed by atoms with Crippen molar-refractivity contribution in [3.8, 4) is 0 Å². The van der Waals surface area contributed by atoms with Gasteiger partial charge in [0.1, 0.15) is 18.8 Å². The summed E-state index contributed by atoms with van der Waals surface area (Å²) >= 11 is 0. The van der Waals surface area contributed by atoms with Gasteiger partial charge in [-0.15, -0.1) is 0 Å². The lowest BCUT2D eigenvalue weighted by Crippen LogP contribution is -2.35. The predicted octanol–water partition coefficient (Wildman–Crippen LogP) is 0.524. The smallest absolute Gasteiger partial charge is 0.370 e. The first-order chi connectivity index (χ1) is 7.92. The second-order valence-corrected chi connectivity index (χ2v) is 3.62. The minimum absolute atomic E-state index is 0.0249. The van der Waals surface area contributed by atoms with Crippen molar-refractivity contribution in [1.29, 1.82) is 0 Å². The number of likely N-dealkylation sites (N-methyl/N-ethyl adjacent to an activating group) is 1. The first kappa shape index (κ1) is 13.9. The molecule has 1 N–H and O–H groups in total. The van der Waals surface area contributed by atoms with Crippen LogP contribution in [0.15, 0.2) is 6.33 Å². The second-order valence-electron chi connectivity index (χ2n) is 3.62. The van der Waals surface area contributed by atoms with Crippen LogP contribution in [0.4, 0.5) is 13.2 Å². The number of aryl methyl sites for hydroxylation is 1. The van der Waals surface area contributed by atoms with Crippen LogP contribution in [0.25, 0.3) is 0 Å². The van der Waals surface area contributed by atoms with Crippen molar-refractivity contribution in [3.05, 3.63) is 12.2 Å². The van der Waals surface area contributed by atoms with Gasteiger partial charge in [0.15, 0.2) is 0 Å². The fourth-order valence-corrected chi connectivity index (χ4v) is 1.29. The van der Waals surface area contributed by atoms with Gasteiger partial charge in [-0.05, 0) is 7.05 Å². The average Bonchev–Trinajstić information content (AvgIpc) is 2.61.